The van der Waals surface area contributed by atoms with Gasteiger partial charge in [0.1, 0.15) is 18.4 Å². The predicted molar refractivity (Wildman–Crippen MR) is 177 cm³/mol. The van der Waals surface area contributed by atoms with Crippen molar-refractivity contribution in [1.29, 1.82) is 0 Å². The SMILES string of the molecule is CCCNC(=O)[C@@H](Cc1ccccc1)N(Cc1ccc(Cl)c(Cl)c1)C(=O)CN(c1ccc(F)c(Cl)c1)S(=O)(=O)c1ccccc1. The fraction of sp³-hybridized carbons (Fsp3) is 0.212. The highest BCUT2D eigenvalue weighted by Crippen LogP contribution is 2.29. The summed E-state index contributed by atoms with van der Waals surface area (Å²) in [4.78, 5) is 29.3. The Labute approximate surface area is 277 Å². The minimum atomic E-state index is -4.35. The molecule has 1 atom stereocenters. The van der Waals surface area contributed by atoms with Crippen molar-refractivity contribution in [3.63, 3.8) is 0 Å². The van der Waals surface area contributed by atoms with E-state index in [2.05, 4.69) is 5.32 Å². The number of hydrogen-bond donors (Lipinski definition) is 1. The average molecular weight is 691 g/mol. The Hall–Kier alpha value is -3.63. The fourth-order valence-corrected chi connectivity index (χ4v) is 6.57. The van der Waals surface area contributed by atoms with Gasteiger partial charge in [0.05, 0.1) is 25.7 Å². The molecule has 0 aromatic heterocycles. The van der Waals surface area contributed by atoms with Crippen LogP contribution < -0.4 is 9.62 Å². The average Bonchev–Trinajstić information content (AvgIpc) is 3.04. The van der Waals surface area contributed by atoms with Crippen molar-refractivity contribution in [3.8, 4) is 0 Å². The highest BCUT2D eigenvalue weighted by molar-refractivity contribution is 7.92. The molecule has 0 radical (unpaired) electrons. The van der Waals surface area contributed by atoms with Crippen LogP contribution >= 0.6 is 34.8 Å². The minimum absolute atomic E-state index is 0.0249. The first-order valence-corrected chi connectivity index (χ1v) is 16.7. The number of carbonyl (C=O) groups excluding carboxylic acids is 2. The number of hydrogen-bond acceptors (Lipinski definition) is 4. The zero-order valence-corrected chi connectivity index (χ0v) is 27.4. The quantitative estimate of drug-likeness (QED) is 0.162. The lowest BCUT2D eigenvalue weighted by atomic mass is 10.0. The number of carbonyl (C=O) groups is 2. The molecule has 0 aliphatic rings. The number of sulfonamides is 1. The van der Waals surface area contributed by atoms with Crippen molar-refractivity contribution in [1.82, 2.24) is 10.2 Å². The maximum absolute atomic E-state index is 14.4. The van der Waals surface area contributed by atoms with Gasteiger partial charge in [-0.3, -0.25) is 13.9 Å². The lowest BCUT2D eigenvalue weighted by Crippen LogP contribution is -2.53. The van der Waals surface area contributed by atoms with Crippen LogP contribution in [0.15, 0.2) is 102 Å². The lowest BCUT2D eigenvalue weighted by Gasteiger charge is -2.34. The molecule has 1 N–H and O–H groups in total. The number of halogens is 4. The molecule has 2 amide bonds. The van der Waals surface area contributed by atoms with Gasteiger partial charge in [-0.25, -0.2) is 12.8 Å². The van der Waals surface area contributed by atoms with E-state index in [1.54, 1.807) is 36.4 Å². The number of rotatable bonds is 13. The number of benzene rings is 4. The molecular formula is C33H31Cl3FN3O4S. The molecule has 236 valence electrons. The van der Waals surface area contributed by atoms with E-state index in [1.165, 1.54) is 23.1 Å². The summed E-state index contributed by atoms with van der Waals surface area (Å²) in [5, 5.41) is 3.13. The van der Waals surface area contributed by atoms with Crippen LogP contribution in [-0.4, -0.2) is 44.3 Å². The zero-order chi connectivity index (χ0) is 32.6. The molecule has 4 rings (SSSR count). The van der Waals surface area contributed by atoms with Crippen LogP contribution in [0.5, 0.6) is 0 Å². The summed E-state index contributed by atoms with van der Waals surface area (Å²) in [5.74, 6) is -1.84. The van der Waals surface area contributed by atoms with E-state index in [-0.39, 0.29) is 33.6 Å². The maximum atomic E-state index is 14.4. The highest BCUT2D eigenvalue weighted by Gasteiger charge is 2.34. The maximum Gasteiger partial charge on any atom is 0.264 e. The monoisotopic (exact) mass is 689 g/mol. The third-order valence-electron chi connectivity index (χ3n) is 6.96. The standard InChI is InChI=1S/C33H31Cl3FN3O4S/c1-2-17-38-33(42)31(19-23-9-5-3-6-10-23)39(21-24-13-15-27(34)28(35)18-24)32(41)22-40(25-14-16-30(37)29(36)20-25)45(43,44)26-11-7-4-8-12-26/h3-16,18,20,31H,2,17,19,21-22H2,1H3,(H,38,42)/t31-/m1/s1. The van der Waals surface area contributed by atoms with Gasteiger partial charge in [-0.15, -0.1) is 0 Å². The smallest absolute Gasteiger partial charge is 0.264 e. The summed E-state index contributed by atoms with van der Waals surface area (Å²) in [6, 6.07) is 23.9. The Morgan fingerprint density at radius 1 is 0.822 bits per heavy atom. The zero-order valence-electron chi connectivity index (χ0n) is 24.3. The lowest BCUT2D eigenvalue weighted by molar-refractivity contribution is -0.140. The largest absolute Gasteiger partial charge is 0.354 e. The molecular weight excluding hydrogens is 660 g/mol. The minimum Gasteiger partial charge on any atom is -0.354 e. The van der Waals surface area contributed by atoms with Gasteiger partial charge >= 0.3 is 0 Å². The third-order valence-corrected chi connectivity index (χ3v) is 9.78. The van der Waals surface area contributed by atoms with Gasteiger partial charge in [0.15, 0.2) is 0 Å². The summed E-state index contributed by atoms with van der Waals surface area (Å²) >= 11 is 18.5. The summed E-state index contributed by atoms with van der Waals surface area (Å²) in [6.45, 7) is 1.48. The Morgan fingerprint density at radius 3 is 2.11 bits per heavy atom. The van der Waals surface area contributed by atoms with E-state index in [4.69, 9.17) is 34.8 Å². The molecule has 0 saturated heterocycles. The summed E-state index contributed by atoms with van der Waals surface area (Å²) < 4.78 is 42.9. The summed E-state index contributed by atoms with van der Waals surface area (Å²) in [7, 11) is -4.35. The molecule has 0 spiro atoms. The van der Waals surface area contributed by atoms with E-state index in [1.807, 2.05) is 37.3 Å². The third kappa shape index (κ3) is 8.76. The van der Waals surface area contributed by atoms with Crippen LogP contribution in [0.2, 0.25) is 15.1 Å². The van der Waals surface area contributed by atoms with Crippen LogP contribution in [0.25, 0.3) is 0 Å². The molecule has 0 aliphatic heterocycles. The molecule has 0 bridgehead atoms. The molecule has 12 heteroatoms. The number of nitrogens with one attached hydrogen (secondary N) is 1. The van der Waals surface area contributed by atoms with Gasteiger partial charge in [0.2, 0.25) is 11.8 Å². The van der Waals surface area contributed by atoms with E-state index in [0.29, 0.717) is 23.6 Å². The van der Waals surface area contributed by atoms with Crippen molar-refractivity contribution in [3.05, 3.63) is 129 Å². The highest BCUT2D eigenvalue weighted by atomic mass is 35.5. The van der Waals surface area contributed by atoms with Crippen LogP contribution in [-0.2, 0) is 32.6 Å². The molecule has 4 aromatic rings. The molecule has 0 aliphatic carbocycles. The molecule has 0 heterocycles. The number of nitrogens with zero attached hydrogens (tertiary/aromatic N) is 2. The Morgan fingerprint density at radius 2 is 1.49 bits per heavy atom. The molecule has 0 unspecified atom stereocenters. The van der Waals surface area contributed by atoms with Crippen molar-refractivity contribution < 1.29 is 22.4 Å². The van der Waals surface area contributed by atoms with Gasteiger partial charge in [-0.2, -0.15) is 0 Å². The van der Waals surface area contributed by atoms with Crippen molar-refractivity contribution in [2.75, 3.05) is 17.4 Å². The van der Waals surface area contributed by atoms with Crippen LogP contribution in [0.1, 0.15) is 24.5 Å². The van der Waals surface area contributed by atoms with Crippen molar-refractivity contribution in [2.24, 2.45) is 0 Å². The molecule has 0 saturated carbocycles. The molecule has 45 heavy (non-hydrogen) atoms. The second-order valence-electron chi connectivity index (χ2n) is 10.2. The van der Waals surface area contributed by atoms with Gasteiger partial charge in [-0.1, -0.05) is 96.3 Å². The summed E-state index contributed by atoms with van der Waals surface area (Å²) in [6.07, 6.45) is 0.816. The normalized spacial score (nSPS) is 11.9. The first-order chi connectivity index (χ1) is 21.5. The van der Waals surface area contributed by atoms with E-state index in [9.17, 15) is 22.4 Å². The van der Waals surface area contributed by atoms with Crippen LogP contribution in [0.4, 0.5) is 10.1 Å². The van der Waals surface area contributed by atoms with E-state index in [0.717, 1.165) is 22.0 Å². The van der Waals surface area contributed by atoms with Crippen LogP contribution in [0, 0.1) is 5.82 Å². The topological polar surface area (TPSA) is 86.8 Å². The van der Waals surface area contributed by atoms with Crippen LogP contribution in [0.3, 0.4) is 0 Å². The second-order valence-corrected chi connectivity index (χ2v) is 13.3. The first kappa shape index (κ1) is 34.2. The van der Waals surface area contributed by atoms with Gasteiger partial charge < -0.3 is 10.2 Å². The number of anilines is 1. The Bertz CT molecular complexity index is 1750. The van der Waals surface area contributed by atoms with E-state index < -0.39 is 40.2 Å². The van der Waals surface area contributed by atoms with Crippen molar-refractivity contribution >= 4 is 62.3 Å². The molecule has 0 fully saturated rings. The van der Waals surface area contributed by atoms with Crippen molar-refractivity contribution in [2.45, 2.75) is 37.2 Å². The fourth-order valence-electron chi connectivity index (χ4n) is 4.64. The first-order valence-electron chi connectivity index (χ1n) is 14.1. The van der Waals surface area contributed by atoms with E-state index >= 15 is 0 Å². The Kier molecular flexibility index (Phi) is 11.9. The molecule has 4 aromatic carbocycles. The van der Waals surface area contributed by atoms with Gasteiger partial charge in [-0.05, 0) is 60.0 Å². The number of amides is 2. The second kappa shape index (κ2) is 15.6. The molecule has 7 nitrogen and oxygen atoms in total. The summed E-state index contributed by atoms with van der Waals surface area (Å²) in [5.41, 5.74) is 1.34. The Balaban J connectivity index is 1.82. The van der Waals surface area contributed by atoms with Gasteiger partial charge in [0, 0.05) is 19.5 Å². The van der Waals surface area contributed by atoms with Gasteiger partial charge in [0.25, 0.3) is 10.0 Å². The predicted octanol–water partition coefficient (Wildman–Crippen LogP) is 7.15.